The molecule has 0 unspecified atom stereocenters. The topological polar surface area (TPSA) is 56.5 Å². The predicted octanol–water partition coefficient (Wildman–Crippen LogP) is 1.85. The average molecular weight is 262 g/mol. The van der Waals surface area contributed by atoms with Crippen LogP contribution in [0.5, 0.6) is 11.5 Å². The smallest absolute Gasteiger partial charge is 0.128 e. The molecule has 5 nitrogen and oxygen atoms in total. The summed E-state index contributed by atoms with van der Waals surface area (Å²) in [6, 6.07) is 5.41. The molecule has 0 fully saturated rings. The molecule has 1 N–H and O–H groups in total. The number of imidazole rings is 1. The van der Waals surface area contributed by atoms with Gasteiger partial charge >= 0.3 is 0 Å². The molecule has 0 amide bonds. The molecule has 0 bridgehead atoms. The number of nitrogens with zero attached hydrogens (tertiary/aromatic N) is 2. The van der Waals surface area contributed by atoms with Gasteiger partial charge in [-0.1, -0.05) is 0 Å². The van der Waals surface area contributed by atoms with Crippen LogP contribution in [0.2, 0.25) is 0 Å². The number of ether oxygens (including phenoxy) is 2. The maximum atomic E-state index is 9.26. The Kier molecular flexibility index (Phi) is 4.80. The van der Waals surface area contributed by atoms with E-state index in [0.717, 1.165) is 24.3 Å². The van der Waals surface area contributed by atoms with Crippen LogP contribution >= 0.6 is 0 Å². The number of rotatable bonds is 7. The third-order valence-corrected chi connectivity index (χ3v) is 2.82. The normalized spacial score (nSPS) is 10.4. The van der Waals surface area contributed by atoms with Gasteiger partial charge in [0.1, 0.15) is 11.5 Å². The maximum absolute atomic E-state index is 9.26. The highest BCUT2D eigenvalue weighted by Crippen LogP contribution is 2.24. The molecule has 1 aromatic carbocycles. The first-order valence-corrected chi connectivity index (χ1v) is 6.20. The number of aliphatic hydroxyl groups is 1. The average Bonchev–Trinajstić information content (AvgIpc) is 2.96. The second kappa shape index (κ2) is 6.80. The van der Waals surface area contributed by atoms with Crippen LogP contribution in [0.3, 0.4) is 0 Å². The monoisotopic (exact) mass is 262 g/mol. The van der Waals surface area contributed by atoms with Crippen molar-refractivity contribution >= 4 is 0 Å². The fourth-order valence-corrected chi connectivity index (χ4v) is 1.78. The molecule has 102 valence electrons. The lowest BCUT2D eigenvalue weighted by Gasteiger charge is -2.11. The van der Waals surface area contributed by atoms with Crippen molar-refractivity contribution in [1.82, 2.24) is 9.55 Å². The van der Waals surface area contributed by atoms with Crippen LogP contribution in [0, 0.1) is 0 Å². The molecule has 2 rings (SSSR count). The summed E-state index contributed by atoms with van der Waals surface area (Å²) in [5.74, 6) is 1.40. The largest absolute Gasteiger partial charge is 0.497 e. The van der Waals surface area contributed by atoms with E-state index in [1.165, 1.54) is 0 Å². The molecule has 0 radical (unpaired) electrons. The van der Waals surface area contributed by atoms with Crippen LogP contribution in [0.4, 0.5) is 0 Å². The number of aliphatic hydroxyl groups excluding tert-OH is 1. The number of aromatic nitrogens is 2. The Morgan fingerprint density at radius 3 is 2.95 bits per heavy atom. The van der Waals surface area contributed by atoms with Gasteiger partial charge in [0.2, 0.25) is 0 Å². The van der Waals surface area contributed by atoms with Crippen molar-refractivity contribution in [3.63, 3.8) is 0 Å². The minimum Gasteiger partial charge on any atom is -0.497 e. The Labute approximate surface area is 112 Å². The molecule has 19 heavy (non-hydrogen) atoms. The lowest BCUT2D eigenvalue weighted by Crippen LogP contribution is -2.04. The molecule has 1 heterocycles. The van der Waals surface area contributed by atoms with Crippen LogP contribution in [-0.2, 0) is 13.2 Å². The first-order valence-electron chi connectivity index (χ1n) is 6.20. The first kappa shape index (κ1) is 13.4. The van der Waals surface area contributed by atoms with Gasteiger partial charge in [-0.3, -0.25) is 0 Å². The minimum absolute atomic E-state index is 0.0408. The summed E-state index contributed by atoms with van der Waals surface area (Å²) < 4.78 is 12.8. The highest BCUT2D eigenvalue weighted by atomic mass is 16.5. The quantitative estimate of drug-likeness (QED) is 0.774. The van der Waals surface area contributed by atoms with Gasteiger partial charge in [-0.05, 0) is 18.6 Å². The molecule has 0 spiro atoms. The highest BCUT2D eigenvalue weighted by molar-refractivity contribution is 5.40. The van der Waals surface area contributed by atoms with Gasteiger partial charge in [0.25, 0.3) is 0 Å². The van der Waals surface area contributed by atoms with Gasteiger partial charge in [-0.2, -0.15) is 0 Å². The van der Waals surface area contributed by atoms with E-state index in [-0.39, 0.29) is 6.61 Å². The number of aryl methyl sites for hydroxylation is 1. The van der Waals surface area contributed by atoms with E-state index in [0.29, 0.717) is 12.4 Å². The minimum atomic E-state index is -0.0408. The Hall–Kier alpha value is -2.01. The lowest BCUT2D eigenvalue weighted by atomic mass is 10.2. The molecular formula is C14H18N2O3. The fraction of sp³-hybridized carbons (Fsp3) is 0.357. The number of methoxy groups -OCH3 is 1. The maximum Gasteiger partial charge on any atom is 0.128 e. The summed E-state index contributed by atoms with van der Waals surface area (Å²) in [6.07, 6.45) is 6.33. The van der Waals surface area contributed by atoms with Gasteiger partial charge in [0.15, 0.2) is 0 Å². The zero-order valence-corrected chi connectivity index (χ0v) is 11.0. The number of benzene rings is 1. The molecule has 0 atom stereocenters. The summed E-state index contributed by atoms with van der Waals surface area (Å²) in [7, 11) is 1.61. The third kappa shape index (κ3) is 3.72. The molecule has 0 aliphatic heterocycles. The fourth-order valence-electron chi connectivity index (χ4n) is 1.78. The van der Waals surface area contributed by atoms with Crippen molar-refractivity contribution in [3.05, 3.63) is 42.5 Å². The van der Waals surface area contributed by atoms with Gasteiger partial charge in [0.05, 0.1) is 26.7 Å². The molecule has 0 aliphatic carbocycles. The lowest BCUT2D eigenvalue weighted by molar-refractivity contribution is 0.258. The molecule has 5 heteroatoms. The Morgan fingerprint density at radius 1 is 1.37 bits per heavy atom. The zero-order valence-electron chi connectivity index (χ0n) is 11.0. The van der Waals surface area contributed by atoms with E-state index in [1.54, 1.807) is 25.7 Å². The SMILES string of the molecule is COc1ccc(CO)c(OCCCn2ccnc2)c1. The molecule has 0 saturated carbocycles. The van der Waals surface area contributed by atoms with Crippen molar-refractivity contribution in [2.75, 3.05) is 13.7 Å². The number of hydrogen-bond donors (Lipinski definition) is 1. The second-order valence-electron chi connectivity index (χ2n) is 4.13. The van der Waals surface area contributed by atoms with Crippen LogP contribution in [0.15, 0.2) is 36.9 Å². The molecule has 1 aromatic heterocycles. The van der Waals surface area contributed by atoms with Crippen molar-refractivity contribution in [3.8, 4) is 11.5 Å². The molecule has 2 aromatic rings. The molecular weight excluding hydrogens is 244 g/mol. The van der Waals surface area contributed by atoms with E-state index in [4.69, 9.17) is 9.47 Å². The van der Waals surface area contributed by atoms with E-state index in [9.17, 15) is 5.11 Å². The summed E-state index contributed by atoms with van der Waals surface area (Å²) in [6.45, 7) is 1.40. The van der Waals surface area contributed by atoms with E-state index in [2.05, 4.69) is 4.98 Å². The first-order chi connectivity index (χ1) is 9.33. The number of hydrogen-bond acceptors (Lipinski definition) is 4. The van der Waals surface area contributed by atoms with Crippen molar-refractivity contribution in [1.29, 1.82) is 0 Å². The van der Waals surface area contributed by atoms with Crippen LogP contribution in [0.25, 0.3) is 0 Å². The van der Waals surface area contributed by atoms with E-state index < -0.39 is 0 Å². The summed E-state index contributed by atoms with van der Waals surface area (Å²) in [5, 5.41) is 9.26. The van der Waals surface area contributed by atoms with Crippen LogP contribution < -0.4 is 9.47 Å². The van der Waals surface area contributed by atoms with Crippen molar-refractivity contribution in [2.24, 2.45) is 0 Å². The van der Waals surface area contributed by atoms with E-state index >= 15 is 0 Å². The summed E-state index contributed by atoms with van der Waals surface area (Å²) >= 11 is 0. The third-order valence-electron chi connectivity index (χ3n) is 2.82. The van der Waals surface area contributed by atoms with Crippen LogP contribution in [-0.4, -0.2) is 28.4 Å². The van der Waals surface area contributed by atoms with Gasteiger partial charge in [-0.15, -0.1) is 0 Å². The standard InChI is InChI=1S/C14H18N2O3/c1-18-13-4-3-12(10-17)14(9-13)19-8-2-6-16-7-5-15-11-16/h3-5,7,9,11,17H,2,6,8,10H2,1H3. The summed E-state index contributed by atoms with van der Waals surface area (Å²) in [5.41, 5.74) is 0.767. The van der Waals surface area contributed by atoms with E-state index in [1.807, 2.05) is 22.9 Å². The van der Waals surface area contributed by atoms with Gasteiger partial charge < -0.3 is 19.1 Å². The zero-order chi connectivity index (χ0) is 13.5. The van der Waals surface area contributed by atoms with Crippen molar-refractivity contribution in [2.45, 2.75) is 19.6 Å². The Bertz CT molecular complexity index is 497. The Morgan fingerprint density at radius 2 is 2.26 bits per heavy atom. The van der Waals surface area contributed by atoms with Gasteiger partial charge in [0, 0.05) is 30.6 Å². The highest BCUT2D eigenvalue weighted by Gasteiger charge is 2.05. The van der Waals surface area contributed by atoms with Gasteiger partial charge in [-0.25, -0.2) is 4.98 Å². The van der Waals surface area contributed by atoms with Crippen molar-refractivity contribution < 1.29 is 14.6 Å². The summed E-state index contributed by atoms with van der Waals surface area (Å²) in [4.78, 5) is 3.98. The predicted molar refractivity (Wildman–Crippen MR) is 71.3 cm³/mol. The molecule has 0 saturated heterocycles. The Balaban J connectivity index is 1.87. The second-order valence-corrected chi connectivity index (χ2v) is 4.13. The van der Waals surface area contributed by atoms with Crippen LogP contribution in [0.1, 0.15) is 12.0 Å². The molecule has 0 aliphatic rings.